The average Bonchev–Trinajstić information content (AvgIpc) is 3.02. The number of nitrogens with zero attached hydrogens (tertiary/aromatic N) is 3. The molecule has 4 bridgehead atoms. The number of aromatic nitrogens is 2. The number of rotatable bonds is 3. The van der Waals surface area contributed by atoms with Gasteiger partial charge in [-0.05, 0) is 11.6 Å². The van der Waals surface area contributed by atoms with Crippen LogP contribution in [0.15, 0.2) is 54.6 Å². The minimum atomic E-state index is -0.0826. The summed E-state index contributed by atoms with van der Waals surface area (Å²) in [6, 6.07) is 18.7. The van der Waals surface area contributed by atoms with Gasteiger partial charge in [-0.15, -0.1) is 0 Å². The van der Waals surface area contributed by atoms with Crippen molar-refractivity contribution in [2.45, 2.75) is 11.5 Å². The molecule has 2 aromatic carbocycles. The van der Waals surface area contributed by atoms with Gasteiger partial charge in [0.05, 0.1) is 5.52 Å². The summed E-state index contributed by atoms with van der Waals surface area (Å²) in [7, 11) is 0. The highest BCUT2D eigenvalue weighted by molar-refractivity contribution is 6.04. The number of hydrogen-bond donors (Lipinski definition) is 2. The fourth-order valence-electron chi connectivity index (χ4n) is 5.91. The van der Waals surface area contributed by atoms with Crippen molar-refractivity contribution in [3.05, 3.63) is 65.9 Å². The molecule has 1 aromatic heterocycles. The third kappa shape index (κ3) is 2.63. The van der Waals surface area contributed by atoms with Gasteiger partial charge in [0, 0.05) is 62.0 Å². The molecule has 1 amide bonds. The average molecular weight is 387 g/mol. The largest absolute Gasteiger partial charge is 0.347 e. The molecule has 3 aromatic rings. The van der Waals surface area contributed by atoms with Gasteiger partial charge in [0.1, 0.15) is 0 Å². The lowest BCUT2D eigenvalue weighted by atomic mass is 9.64. The van der Waals surface area contributed by atoms with Gasteiger partial charge in [-0.25, -0.2) is 0 Å². The molecule has 0 aliphatic carbocycles. The molecule has 0 radical (unpaired) electrons. The Morgan fingerprint density at radius 2 is 1.69 bits per heavy atom. The van der Waals surface area contributed by atoms with E-state index in [4.69, 9.17) is 0 Å². The van der Waals surface area contributed by atoms with Crippen molar-refractivity contribution in [2.24, 2.45) is 5.92 Å². The number of H-pyrrole nitrogens is 1. The molecule has 7 rings (SSSR count). The lowest BCUT2D eigenvalue weighted by Gasteiger charge is -2.55. The molecule has 148 valence electrons. The van der Waals surface area contributed by atoms with E-state index in [1.807, 2.05) is 24.3 Å². The number of carbonyl (C=O) groups is 1. The normalized spacial score (nSPS) is 33.0. The van der Waals surface area contributed by atoms with Crippen molar-refractivity contribution >= 4 is 16.8 Å². The number of hydrogen-bond acceptors (Lipinski definition) is 4. The Bertz CT molecular complexity index is 1050. The summed E-state index contributed by atoms with van der Waals surface area (Å²) in [6.07, 6.45) is 0. The van der Waals surface area contributed by atoms with E-state index in [1.165, 1.54) is 5.56 Å². The second-order valence-corrected chi connectivity index (χ2v) is 8.82. The predicted molar refractivity (Wildman–Crippen MR) is 112 cm³/mol. The number of benzene rings is 2. The zero-order valence-corrected chi connectivity index (χ0v) is 16.3. The van der Waals surface area contributed by atoms with E-state index in [9.17, 15) is 4.79 Å². The Kier molecular flexibility index (Phi) is 3.79. The van der Waals surface area contributed by atoms with Gasteiger partial charge >= 0.3 is 0 Å². The van der Waals surface area contributed by atoms with Crippen molar-refractivity contribution in [1.29, 1.82) is 0 Å². The van der Waals surface area contributed by atoms with Gasteiger partial charge in [-0.1, -0.05) is 48.5 Å². The number of fused-ring (bicyclic) bond motifs is 2. The number of amides is 1. The summed E-state index contributed by atoms with van der Waals surface area (Å²) in [4.78, 5) is 18.5. The fourth-order valence-corrected chi connectivity index (χ4v) is 5.91. The Morgan fingerprint density at radius 1 is 1.00 bits per heavy atom. The SMILES string of the molecule is O=C(NC1C2CN3CCN(C2)CC1(c1ccccc1)C3)c1n[nH]c2ccccc12. The Balaban J connectivity index is 1.40. The summed E-state index contributed by atoms with van der Waals surface area (Å²) in [6.45, 7) is 6.34. The molecule has 6 nitrogen and oxygen atoms in total. The van der Waals surface area contributed by atoms with Crippen molar-refractivity contribution < 1.29 is 4.79 Å². The number of carbonyl (C=O) groups excluding carboxylic acids is 1. The van der Waals surface area contributed by atoms with Gasteiger partial charge in [0.2, 0.25) is 0 Å². The van der Waals surface area contributed by atoms with Crippen LogP contribution in [0.5, 0.6) is 0 Å². The Morgan fingerprint density at radius 3 is 2.45 bits per heavy atom. The summed E-state index contributed by atoms with van der Waals surface area (Å²) in [5.41, 5.74) is 2.64. The highest BCUT2D eigenvalue weighted by Crippen LogP contribution is 2.43. The van der Waals surface area contributed by atoms with Crippen LogP contribution in [-0.4, -0.2) is 71.2 Å². The molecule has 0 saturated carbocycles. The van der Waals surface area contributed by atoms with E-state index in [0.29, 0.717) is 11.6 Å². The predicted octanol–water partition coefficient (Wildman–Crippen LogP) is 1.86. The van der Waals surface area contributed by atoms with Crippen LogP contribution in [0.4, 0.5) is 0 Å². The number of piperidine rings is 2. The van der Waals surface area contributed by atoms with Gasteiger partial charge in [-0.2, -0.15) is 5.10 Å². The smallest absolute Gasteiger partial charge is 0.272 e. The van der Waals surface area contributed by atoms with Gasteiger partial charge in [0.25, 0.3) is 5.91 Å². The molecule has 4 fully saturated rings. The molecular weight excluding hydrogens is 362 g/mol. The lowest BCUT2D eigenvalue weighted by Crippen LogP contribution is -2.70. The van der Waals surface area contributed by atoms with E-state index >= 15 is 0 Å². The molecule has 3 unspecified atom stereocenters. The van der Waals surface area contributed by atoms with Crippen LogP contribution in [0.1, 0.15) is 16.1 Å². The first-order chi connectivity index (χ1) is 14.2. The van der Waals surface area contributed by atoms with Crippen molar-refractivity contribution in [2.75, 3.05) is 39.3 Å². The summed E-state index contributed by atoms with van der Waals surface area (Å²) < 4.78 is 0. The van der Waals surface area contributed by atoms with Gasteiger partial charge < -0.3 is 15.1 Å². The van der Waals surface area contributed by atoms with Crippen molar-refractivity contribution in [3.8, 4) is 0 Å². The van der Waals surface area contributed by atoms with Crippen LogP contribution in [-0.2, 0) is 5.41 Å². The monoisotopic (exact) mass is 387 g/mol. The molecule has 29 heavy (non-hydrogen) atoms. The molecule has 5 heterocycles. The van der Waals surface area contributed by atoms with Crippen LogP contribution < -0.4 is 5.32 Å². The second-order valence-electron chi connectivity index (χ2n) is 8.82. The maximum absolute atomic E-state index is 13.4. The zero-order valence-electron chi connectivity index (χ0n) is 16.3. The minimum absolute atomic E-state index is 0.0705. The lowest BCUT2D eigenvalue weighted by molar-refractivity contribution is 0.0180. The maximum atomic E-state index is 13.4. The van der Waals surface area contributed by atoms with E-state index in [-0.39, 0.29) is 17.4 Å². The number of nitrogens with one attached hydrogen (secondary N) is 2. The molecule has 4 saturated heterocycles. The van der Waals surface area contributed by atoms with Crippen LogP contribution in [0.3, 0.4) is 0 Å². The molecule has 2 N–H and O–H groups in total. The molecular formula is C23H25N5O. The second kappa shape index (κ2) is 6.40. The quantitative estimate of drug-likeness (QED) is 0.720. The first-order valence-electron chi connectivity index (χ1n) is 10.5. The van der Waals surface area contributed by atoms with E-state index in [1.54, 1.807) is 0 Å². The number of para-hydroxylation sites is 1. The highest BCUT2D eigenvalue weighted by Gasteiger charge is 2.55. The van der Waals surface area contributed by atoms with E-state index in [2.05, 4.69) is 55.6 Å². The van der Waals surface area contributed by atoms with Crippen molar-refractivity contribution in [3.63, 3.8) is 0 Å². The number of aromatic amines is 1. The topological polar surface area (TPSA) is 64.3 Å². The molecule has 0 spiro atoms. The van der Waals surface area contributed by atoms with Gasteiger partial charge in [0.15, 0.2) is 5.69 Å². The third-order valence-corrected chi connectivity index (χ3v) is 7.12. The Hall–Kier alpha value is -2.70. The maximum Gasteiger partial charge on any atom is 0.272 e. The standard InChI is InChI=1S/C23H25N5O/c29-22(20-18-8-4-5-9-19(18)25-26-20)24-21-16-12-27-10-11-28(13-16)15-23(21,14-27)17-6-2-1-3-7-17/h1-9,16,21H,10-15H2,(H,24,29)(H,25,26). The zero-order chi connectivity index (χ0) is 19.4. The van der Waals surface area contributed by atoms with Gasteiger partial charge in [-0.3, -0.25) is 9.89 Å². The van der Waals surface area contributed by atoms with Crippen LogP contribution in [0, 0.1) is 5.92 Å². The molecule has 4 aliphatic heterocycles. The van der Waals surface area contributed by atoms with E-state index in [0.717, 1.165) is 50.2 Å². The third-order valence-electron chi connectivity index (χ3n) is 7.12. The first kappa shape index (κ1) is 17.2. The van der Waals surface area contributed by atoms with E-state index < -0.39 is 0 Å². The summed E-state index contributed by atoms with van der Waals surface area (Å²) in [5, 5.41) is 11.7. The summed E-state index contributed by atoms with van der Waals surface area (Å²) in [5.74, 6) is 0.355. The van der Waals surface area contributed by atoms with Crippen LogP contribution >= 0.6 is 0 Å². The Labute approximate surface area is 169 Å². The molecule has 6 heteroatoms. The first-order valence-corrected chi connectivity index (χ1v) is 10.5. The fraction of sp³-hybridized carbons (Fsp3) is 0.391. The molecule has 3 atom stereocenters. The van der Waals surface area contributed by atoms with Crippen LogP contribution in [0.2, 0.25) is 0 Å². The van der Waals surface area contributed by atoms with Crippen molar-refractivity contribution in [1.82, 2.24) is 25.3 Å². The minimum Gasteiger partial charge on any atom is -0.347 e. The van der Waals surface area contributed by atoms with Crippen LogP contribution in [0.25, 0.3) is 10.9 Å². The summed E-state index contributed by atoms with van der Waals surface area (Å²) >= 11 is 0. The highest BCUT2D eigenvalue weighted by atomic mass is 16.2. The molecule has 4 aliphatic rings.